The van der Waals surface area contributed by atoms with Gasteiger partial charge < -0.3 is 0 Å². The van der Waals surface area contributed by atoms with E-state index in [1.807, 2.05) is 0 Å². The Morgan fingerprint density at radius 3 is 2.19 bits per heavy atom. The lowest BCUT2D eigenvalue weighted by Crippen LogP contribution is -2.46. The summed E-state index contributed by atoms with van der Waals surface area (Å²) in [5.41, 5.74) is -1.99. The summed E-state index contributed by atoms with van der Waals surface area (Å²) >= 11 is 3.22. The van der Waals surface area contributed by atoms with E-state index in [0.717, 1.165) is 16.4 Å². The zero-order chi connectivity index (χ0) is 16.6. The Labute approximate surface area is 131 Å². The van der Waals surface area contributed by atoms with Gasteiger partial charge in [-0.3, -0.25) is 0 Å². The highest BCUT2D eigenvalue weighted by Crippen LogP contribution is 2.35. The fourth-order valence-corrected chi connectivity index (χ4v) is 4.06. The Morgan fingerprint density at radius 1 is 1.24 bits per heavy atom. The van der Waals surface area contributed by atoms with Gasteiger partial charge in [0, 0.05) is 17.9 Å². The highest BCUT2D eigenvalue weighted by Gasteiger charge is 2.38. The van der Waals surface area contributed by atoms with E-state index in [4.69, 9.17) is 0 Å². The predicted molar refractivity (Wildman–Crippen MR) is 79.0 cm³/mol. The molecule has 0 radical (unpaired) electrons. The maximum atomic E-state index is 12.9. The summed E-state index contributed by atoms with van der Waals surface area (Å²) in [7, 11) is -2.66. The van der Waals surface area contributed by atoms with Crippen LogP contribution in [0.5, 0.6) is 0 Å². The van der Waals surface area contributed by atoms with E-state index in [-0.39, 0.29) is 10.5 Å². The molecule has 21 heavy (non-hydrogen) atoms. The molecule has 0 bridgehead atoms. The van der Waals surface area contributed by atoms with Crippen LogP contribution in [-0.4, -0.2) is 30.6 Å². The van der Waals surface area contributed by atoms with Crippen molar-refractivity contribution < 1.29 is 21.6 Å². The van der Waals surface area contributed by atoms with Gasteiger partial charge in [0.05, 0.1) is 10.5 Å². The first-order chi connectivity index (χ1) is 9.35. The third-order valence-electron chi connectivity index (χ3n) is 3.41. The van der Waals surface area contributed by atoms with E-state index >= 15 is 0 Å². The number of alkyl halides is 4. The van der Waals surface area contributed by atoms with Gasteiger partial charge in [-0.05, 0) is 38.5 Å². The molecule has 0 aliphatic heterocycles. The molecular weight excluding hydrogens is 371 g/mol. The van der Waals surface area contributed by atoms with E-state index in [1.165, 1.54) is 20.0 Å². The molecule has 0 heterocycles. The number of hydrogen-bond donors (Lipinski definition) is 0. The van der Waals surface area contributed by atoms with Crippen molar-refractivity contribution in [2.75, 3.05) is 12.4 Å². The zero-order valence-electron chi connectivity index (χ0n) is 12.1. The smallest absolute Gasteiger partial charge is 0.207 e. The van der Waals surface area contributed by atoms with Crippen LogP contribution in [0.15, 0.2) is 23.1 Å². The van der Waals surface area contributed by atoms with Crippen LogP contribution in [-0.2, 0) is 16.2 Å². The number of benzene rings is 1. The molecule has 8 heteroatoms. The molecule has 0 aromatic heterocycles. The van der Waals surface area contributed by atoms with Crippen LogP contribution >= 0.6 is 15.9 Å². The Morgan fingerprint density at radius 2 is 1.76 bits per heavy atom. The lowest BCUT2D eigenvalue weighted by atomic mass is 10.1. The largest absolute Gasteiger partial charge is 0.416 e. The van der Waals surface area contributed by atoms with Crippen LogP contribution in [0.2, 0.25) is 0 Å². The van der Waals surface area contributed by atoms with Gasteiger partial charge in [-0.25, -0.2) is 8.42 Å². The third-order valence-corrected chi connectivity index (χ3v) is 6.99. The van der Waals surface area contributed by atoms with Gasteiger partial charge in [0.1, 0.15) is 0 Å². The lowest BCUT2D eigenvalue weighted by molar-refractivity contribution is -0.138. The second-order valence-corrected chi connectivity index (χ2v) is 7.84. The highest BCUT2D eigenvalue weighted by molar-refractivity contribution is 9.09. The van der Waals surface area contributed by atoms with Crippen LogP contribution in [0.1, 0.15) is 25.0 Å². The molecule has 1 aromatic carbocycles. The predicted octanol–water partition coefficient (Wildman–Crippen LogP) is 3.81. The van der Waals surface area contributed by atoms with E-state index in [9.17, 15) is 21.6 Å². The molecule has 3 nitrogen and oxygen atoms in total. The maximum Gasteiger partial charge on any atom is 0.416 e. The van der Waals surface area contributed by atoms with Crippen molar-refractivity contribution in [2.45, 2.75) is 37.4 Å². The summed E-state index contributed by atoms with van der Waals surface area (Å²) in [6.07, 6.45) is -4.58. The molecule has 0 aliphatic rings. The first-order valence-corrected chi connectivity index (χ1v) is 8.63. The van der Waals surface area contributed by atoms with Crippen LogP contribution in [0, 0.1) is 6.92 Å². The maximum absolute atomic E-state index is 12.9. The van der Waals surface area contributed by atoms with Crippen LogP contribution in [0.3, 0.4) is 0 Å². The monoisotopic (exact) mass is 387 g/mol. The molecule has 0 unspecified atom stereocenters. The first kappa shape index (κ1) is 18.4. The zero-order valence-corrected chi connectivity index (χ0v) is 14.5. The number of sulfonamides is 1. The fraction of sp³-hybridized carbons (Fsp3) is 0.538. The summed E-state index contributed by atoms with van der Waals surface area (Å²) in [4.78, 5) is -0.325. The average Bonchev–Trinajstić information content (AvgIpc) is 2.36. The molecule has 0 spiro atoms. The summed E-state index contributed by atoms with van der Waals surface area (Å²) < 4.78 is 64.9. The second kappa shape index (κ2) is 5.89. The van der Waals surface area contributed by atoms with Crippen molar-refractivity contribution in [1.29, 1.82) is 0 Å². The van der Waals surface area contributed by atoms with Gasteiger partial charge in [0.15, 0.2) is 0 Å². The number of halogens is 4. The third kappa shape index (κ3) is 3.60. The fourth-order valence-electron chi connectivity index (χ4n) is 1.76. The minimum Gasteiger partial charge on any atom is -0.207 e. The molecule has 120 valence electrons. The number of rotatable bonds is 4. The van der Waals surface area contributed by atoms with Crippen molar-refractivity contribution in [2.24, 2.45) is 0 Å². The Hall–Kier alpha value is -0.600. The first-order valence-electron chi connectivity index (χ1n) is 6.07. The average molecular weight is 388 g/mol. The van der Waals surface area contributed by atoms with E-state index in [2.05, 4.69) is 15.9 Å². The van der Waals surface area contributed by atoms with Crippen LogP contribution in [0.25, 0.3) is 0 Å². The molecule has 1 rings (SSSR count). The van der Waals surface area contributed by atoms with Crippen molar-refractivity contribution in [1.82, 2.24) is 4.31 Å². The van der Waals surface area contributed by atoms with Crippen molar-refractivity contribution in [3.05, 3.63) is 29.3 Å². The number of hydrogen-bond acceptors (Lipinski definition) is 2. The van der Waals surface area contributed by atoms with E-state index < -0.39 is 27.3 Å². The van der Waals surface area contributed by atoms with Gasteiger partial charge in [0.2, 0.25) is 10.0 Å². The Balaban J connectivity index is 3.48. The van der Waals surface area contributed by atoms with E-state index in [0.29, 0.717) is 5.33 Å². The molecule has 0 atom stereocenters. The van der Waals surface area contributed by atoms with Crippen molar-refractivity contribution in [3.8, 4) is 0 Å². The molecule has 0 aliphatic carbocycles. The molecule has 0 saturated heterocycles. The molecular formula is C13H17BrF3NO2S. The Kier molecular flexibility index (Phi) is 5.17. The molecule has 1 aromatic rings. The van der Waals surface area contributed by atoms with Gasteiger partial charge in [-0.2, -0.15) is 17.5 Å². The molecule has 0 fully saturated rings. The normalized spacial score (nSPS) is 13.8. The molecule has 0 N–H and O–H groups in total. The highest BCUT2D eigenvalue weighted by atomic mass is 79.9. The number of nitrogens with zero attached hydrogens (tertiary/aromatic N) is 1. The minimum absolute atomic E-state index is 0.290. The van der Waals surface area contributed by atoms with Crippen LogP contribution < -0.4 is 0 Å². The Bertz CT molecular complexity index is 627. The topological polar surface area (TPSA) is 37.4 Å². The van der Waals surface area contributed by atoms with Crippen molar-refractivity contribution in [3.63, 3.8) is 0 Å². The summed E-state index contributed by atoms with van der Waals surface area (Å²) in [6.45, 7) is 4.54. The molecule has 0 saturated carbocycles. The van der Waals surface area contributed by atoms with Crippen molar-refractivity contribution >= 4 is 26.0 Å². The van der Waals surface area contributed by atoms with Crippen LogP contribution in [0.4, 0.5) is 13.2 Å². The SMILES string of the molecule is Cc1c(C(F)(F)F)cccc1S(=O)(=O)N(C)C(C)(C)CBr. The summed E-state index contributed by atoms with van der Waals surface area (Å²) in [6, 6.07) is 3.18. The van der Waals surface area contributed by atoms with Gasteiger partial charge >= 0.3 is 6.18 Å². The van der Waals surface area contributed by atoms with Gasteiger partial charge in [-0.1, -0.05) is 22.0 Å². The van der Waals surface area contributed by atoms with Gasteiger partial charge in [0.25, 0.3) is 0 Å². The molecule has 0 amide bonds. The standard InChI is InChI=1S/C13H17BrF3NO2S/c1-9-10(13(15,16)17)6-5-7-11(9)21(19,20)18(4)12(2,3)8-14/h5-7H,8H2,1-4H3. The summed E-state index contributed by atoms with van der Waals surface area (Å²) in [5.74, 6) is 0. The summed E-state index contributed by atoms with van der Waals surface area (Å²) in [5, 5.41) is 0.355. The lowest BCUT2D eigenvalue weighted by Gasteiger charge is -2.33. The van der Waals surface area contributed by atoms with E-state index in [1.54, 1.807) is 13.8 Å². The van der Waals surface area contributed by atoms with Gasteiger partial charge in [-0.15, -0.1) is 0 Å². The minimum atomic E-state index is -4.58. The second-order valence-electron chi connectivity index (χ2n) is 5.35. The quantitative estimate of drug-likeness (QED) is 0.736.